The highest BCUT2D eigenvalue weighted by Crippen LogP contribution is 2.42. The molecule has 0 saturated heterocycles. The molecule has 143 heavy (non-hydrogen) atoms. The van der Waals surface area contributed by atoms with Gasteiger partial charge in [0.15, 0.2) is 40.4 Å². The lowest BCUT2D eigenvalue weighted by Crippen LogP contribution is -2.53. The minimum atomic E-state index is -2.02. The molecule has 52 nitrogen and oxygen atoms in total. The second kappa shape index (κ2) is 67.8. The number of imide groups is 1. The largest absolute Gasteiger partial charge is 0.493 e. The topological polar surface area (TPSA) is 731 Å². The van der Waals surface area contributed by atoms with E-state index in [1.807, 2.05) is 0 Å². The molecule has 0 saturated carbocycles. The first-order valence-corrected chi connectivity index (χ1v) is 46.4. The van der Waals surface area contributed by atoms with Crippen LogP contribution in [0, 0.1) is 11.6 Å². The van der Waals surface area contributed by atoms with Crippen molar-refractivity contribution in [3.8, 4) is 23.0 Å². The number of fused-ring (bicyclic) bond motifs is 2. The van der Waals surface area contributed by atoms with Crippen LogP contribution in [0.25, 0.3) is 10.1 Å². The number of Topliss-reactive ketones (excluding diaryl/α,β-unsaturated/α-hetero) is 1. The number of aliphatic hydroxyl groups excluding tert-OH is 10. The zero-order chi connectivity index (χ0) is 105. The van der Waals surface area contributed by atoms with Crippen molar-refractivity contribution in [3.63, 3.8) is 0 Å². The number of benzene rings is 2. The van der Waals surface area contributed by atoms with Crippen molar-refractivity contribution in [2.75, 3.05) is 212 Å². The van der Waals surface area contributed by atoms with Gasteiger partial charge in [0.25, 0.3) is 11.8 Å². The summed E-state index contributed by atoms with van der Waals surface area (Å²) in [7, 11) is 2.61. The molecule has 11 atom stereocenters. The number of esters is 2. The quantitative estimate of drug-likeness (QED) is 0.0108. The van der Waals surface area contributed by atoms with Gasteiger partial charge < -0.3 is 175 Å². The summed E-state index contributed by atoms with van der Waals surface area (Å²) in [6.45, 7) is -0.993. The summed E-state index contributed by atoms with van der Waals surface area (Å²) in [5, 5.41) is 120. The van der Waals surface area contributed by atoms with E-state index in [9.17, 15) is 118 Å². The van der Waals surface area contributed by atoms with E-state index < -0.39 is 246 Å². The second-order valence-electron chi connectivity index (χ2n) is 31.5. The molecule has 3 heterocycles. The van der Waals surface area contributed by atoms with Crippen molar-refractivity contribution in [3.05, 3.63) is 58.0 Å². The number of amides is 13. The van der Waals surface area contributed by atoms with Crippen molar-refractivity contribution in [1.82, 2.24) is 63.0 Å². The van der Waals surface area contributed by atoms with Crippen molar-refractivity contribution < 1.29 is 203 Å². The lowest BCUT2D eigenvalue weighted by molar-refractivity contribution is -0.150. The maximum atomic E-state index is 16.2. The van der Waals surface area contributed by atoms with E-state index in [1.54, 1.807) is 6.92 Å². The summed E-state index contributed by atoms with van der Waals surface area (Å²) in [5.74, 6) is -14.7. The fourth-order valence-electron chi connectivity index (χ4n) is 12.8. The fourth-order valence-corrected chi connectivity index (χ4v) is 13.8. The number of nitrogens with zero attached hydrogens (tertiary/aromatic N) is 2. The molecule has 0 spiro atoms. The molecule has 20 N–H and O–H groups in total. The van der Waals surface area contributed by atoms with Crippen LogP contribution in [-0.2, 0) is 132 Å². The van der Waals surface area contributed by atoms with E-state index in [0.717, 1.165) is 23.5 Å². The van der Waals surface area contributed by atoms with Gasteiger partial charge in [-0.05, 0) is 38.0 Å². The number of carbonyl (C=O) groups is 16. The summed E-state index contributed by atoms with van der Waals surface area (Å²) in [6.07, 6.45) is -17.3. The molecule has 0 radical (unpaired) electrons. The molecule has 0 fully saturated rings. The highest BCUT2D eigenvalue weighted by atomic mass is 32.1. The van der Waals surface area contributed by atoms with Gasteiger partial charge in [-0.2, -0.15) is 0 Å². The van der Waals surface area contributed by atoms with E-state index in [-0.39, 0.29) is 215 Å². The Kier molecular flexibility index (Phi) is 57.8. The number of methoxy groups -OCH3 is 2. The third-order valence-electron chi connectivity index (χ3n) is 20.6. The Labute approximate surface area is 823 Å². The predicted molar refractivity (Wildman–Crippen MR) is 487 cm³/mol. The van der Waals surface area contributed by atoms with Crippen LogP contribution in [0.3, 0.4) is 0 Å². The fraction of sp³-hybridized carbons (Fsp3) is 0.636. The number of carbonyl (C=O) groups excluding carboxylic acids is 16. The average molecular weight is 2070 g/mol. The molecule has 2 aliphatic heterocycles. The molecule has 0 bridgehead atoms. The van der Waals surface area contributed by atoms with Crippen LogP contribution in [0.2, 0.25) is 0 Å². The van der Waals surface area contributed by atoms with Gasteiger partial charge in [0, 0.05) is 98.7 Å². The highest BCUT2D eigenvalue weighted by molar-refractivity contribution is 7.20. The second-order valence-corrected chi connectivity index (χ2v) is 32.6. The van der Waals surface area contributed by atoms with Crippen LogP contribution in [0.5, 0.6) is 23.0 Å². The Bertz CT molecular complexity index is 4620. The van der Waals surface area contributed by atoms with Crippen LogP contribution in [0.4, 0.5) is 8.78 Å². The molecule has 13 amide bonds. The maximum absolute atomic E-state index is 16.2. The minimum absolute atomic E-state index is 0.0149. The normalized spacial score (nSPS) is 14.5. The minimum Gasteiger partial charge on any atom is -0.493 e. The lowest BCUT2D eigenvalue weighted by Gasteiger charge is -2.26. The standard InChI is InChI=1S/C88H130F2N12O40S/c1-5-139-77(121)13-8-57(105)65-36-53-64(143-65)38-63(130-4)86(79(53)89)141-18-6-17-140-85-62(129-3)35-52-46-101(47-54(52)80(85)90)74(118)12-14-78(122)142-51(2)39-92-68(112)37-56(100-73(117)48-102-75(119)10-11-76(102)120)88(128)98-45-72(116)96-44-71(115)95-43-70(114)94-42-69(113)91-16-20-132-22-24-134-26-28-136-30-32-138-34-33-137-31-29-135-27-25-133-23-21-131-19-15-67(111)99-55(87(127)97-41-59(107)82(124)84(126)61(109)50-104)7-9-66(110)93-40-58(106)81(123)83(125)60(108)49-103/h10-11,35-36,38,51,55-56,58-61,81-84,103-104,106-109,123-126H,5-9,12-34,37,39-50H2,1-4H3,(H,91,113)(H,92,112)(H,93,110)(H,94,114)(H,95,115)(H,96,116)(H,97,127)(H,98,128)(H,99,111)(H,100,117)/t51-,55-,56-,58-,59-,60+,61+,81+,82+,83+,84+/m0/s1. The van der Waals surface area contributed by atoms with Gasteiger partial charge in [-0.3, -0.25) is 81.6 Å². The van der Waals surface area contributed by atoms with Gasteiger partial charge in [-0.15, -0.1) is 11.3 Å². The third-order valence-corrected chi connectivity index (χ3v) is 21.7. The van der Waals surface area contributed by atoms with Gasteiger partial charge >= 0.3 is 11.9 Å². The molecule has 2 aromatic carbocycles. The lowest BCUT2D eigenvalue weighted by atomic mass is 10.0. The van der Waals surface area contributed by atoms with E-state index in [2.05, 4.69) is 53.2 Å². The van der Waals surface area contributed by atoms with Gasteiger partial charge in [0.05, 0.1) is 222 Å². The van der Waals surface area contributed by atoms with Crippen LogP contribution in [0.1, 0.15) is 92.4 Å². The molecule has 5 rings (SSSR count). The molecule has 2 aliphatic rings. The summed E-state index contributed by atoms with van der Waals surface area (Å²) in [4.78, 5) is 206. The van der Waals surface area contributed by atoms with Crippen LogP contribution in [-0.4, -0.2) is 434 Å². The number of thiophene rings is 1. The monoisotopic (exact) mass is 2060 g/mol. The predicted octanol–water partition coefficient (Wildman–Crippen LogP) is -8.49. The van der Waals surface area contributed by atoms with Gasteiger partial charge in [-0.1, -0.05) is 0 Å². The molecule has 0 unspecified atom stereocenters. The molecular formula is C88H130F2N12O40S. The third kappa shape index (κ3) is 45.9. The number of rotatable bonds is 77. The Morgan fingerprint density at radius 2 is 0.902 bits per heavy atom. The van der Waals surface area contributed by atoms with Crippen LogP contribution >= 0.6 is 11.3 Å². The smallest absolute Gasteiger partial charge is 0.306 e. The van der Waals surface area contributed by atoms with Crippen molar-refractivity contribution >= 4 is 116 Å². The Hall–Kier alpha value is -11.6. The first-order valence-electron chi connectivity index (χ1n) is 45.6. The Morgan fingerprint density at radius 3 is 1.42 bits per heavy atom. The average Bonchev–Trinajstić information content (AvgIpc) is 1.65. The number of halogens is 2. The first-order chi connectivity index (χ1) is 68.4. The summed E-state index contributed by atoms with van der Waals surface area (Å²) < 4.78 is 109. The van der Waals surface area contributed by atoms with Crippen molar-refractivity contribution in [1.29, 1.82) is 0 Å². The molecule has 1 aromatic heterocycles. The highest BCUT2D eigenvalue weighted by Gasteiger charge is 2.37. The Balaban J connectivity index is 0.847. The number of hydrogen-bond donors (Lipinski definition) is 20. The number of hydrogen-bond acceptors (Lipinski definition) is 41. The van der Waals surface area contributed by atoms with Crippen molar-refractivity contribution in [2.24, 2.45) is 0 Å². The zero-order valence-corrected chi connectivity index (χ0v) is 80.3. The molecule has 0 aliphatic carbocycles. The summed E-state index contributed by atoms with van der Waals surface area (Å²) in [6, 6.07) is 1.21. The van der Waals surface area contributed by atoms with Gasteiger partial charge in [0.1, 0.15) is 61.4 Å². The molecule has 55 heteroatoms. The SMILES string of the molecule is CCOC(=O)CCC(=O)c1cc2c(F)c(OCCCOc3c(OC)cc4c(c3F)CN(C(=O)CCC(=O)O[C@@H](C)CNC(=O)C[C@H](NC(=O)CN3C(=O)C=CC3=O)C(=O)NCC(=O)NCC(=O)NCC(=O)NCC(=O)NCCOCCOCCOCCOCCOCCOCCOCCOCCC(=O)N[C@@H](CCC(=O)NC[C@H](O)[C@@H](O)[C@H](O)[C@H](O)CO)C(=O)NC[C@H](O)[C@@H](O)[C@H](O)[C@H](O)CO)C4)c(OC)cc2s1. The van der Waals surface area contributed by atoms with Gasteiger partial charge in [0.2, 0.25) is 65.0 Å². The molecule has 802 valence electrons. The molecular weight excluding hydrogens is 1940 g/mol. The maximum Gasteiger partial charge on any atom is 0.306 e. The zero-order valence-electron chi connectivity index (χ0n) is 79.5. The Morgan fingerprint density at radius 1 is 0.448 bits per heavy atom. The number of nitrogens with one attached hydrogen (secondary N) is 10. The number of ether oxygens (including phenoxy) is 14. The van der Waals surface area contributed by atoms with Crippen LogP contribution in [0.15, 0.2) is 30.4 Å². The van der Waals surface area contributed by atoms with Crippen molar-refractivity contribution in [2.45, 2.75) is 152 Å². The number of aliphatic hydroxyl groups is 10. The summed E-state index contributed by atoms with van der Waals surface area (Å²) in [5.41, 5.74) is 0.530. The van der Waals surface area contributed by atoms with E-state index in [0.29, 0.717) is 35.0 Å². The van der Waals surface area contributed by atoms with Gasteiger partial charge in [-0.25, -0.2) is 8.78 Å². The van der Waals surface area contributed by atoms with E-state index >= 15 is 8.78 Å². The molecule has 3 aromatic rings. The van der Waals surface area contributed by atoms with E-state index in [4.69, 9.17) is 76.5 Å². The number of ketones is 1. The summed E-state index contributed by atoms with van der Waals surface area (Å²) >= 11 is 1.03. The van der Waals surface area contributed by atoms with Crippen LogP contribution < -0.4 is 72.1 Å². The first kappa shape index (κ1) is 122. The van der Waals surface area contributed by atoms with E-state index in [1.165, 1.54) is 44.2 Å².